The fourth-order valence-electron chi connectivity index (χ4n) is 4.18. The molecule has 3 rings (SSSR count). The molecule has 1 amide bonds. The maximum Gasteiger partial charge on any atom is 0.407 e. The van der Waals surface area contributed by atoms with Crippen LogP contribution in [0.15, 0.2) is 29.2 Å². The molecule has 1 saturated carbocycles. The quantitative estimate of drug-likeness (QED) is 0.684. The fraction of sp³-hybridized carbons (Fsp3) is 0.682. The average Bonchev–Trinajstić information content (AvgIpc) is 3.36. The highest BCUT2D eigenvalue weighted by molar-refractivity contribution is 7.89. The van der Waals surface area contributed by atoms with Gasteiger partial charge in [0.25, 0.3) is 0 Å². The van der Waals surface area contributed by atoms with Crippen LogP contribution in [0.3, 0.4) is 0 Å². The van der Waals surface area contributed by atoms with E-state index in [0.29, 0.717) is 43.0 Å². The Bertz CT molecular complexity index is 812. The van der Waals surface area contributed by atoms with E-state index in [2.05, 4.69) is 10.6 Å². The van der Waals surface area contributed by atoms with Gasteiger partial charge in [0, 0.05) is 32.2 Å². The van der Waals surface area contributed by atoms with E-state index in [-0.39, 0.29) is 6.09 Å². The Balaban J connectivity index is 1.49. The maximum atomic E-state index is 12.6. The Kier molecular flexibility index (Phi) is 7.42. The number of hydrogen-bond acceptors (Lipinski definition) is 5. The van der Waals surface area contributed by atoms with Gasteiger partial charge in [0.15, 0.2) is 0 Å². The smallest absolute Gasteiger partial charge is 0.407 e. The first kappa shape index (κ1) is 23.0. The molecule has 0 radical (unpaired) electrons. The zero-order chi connectivity index (χ0) is 21.8. The molecule has 1 aromatic rings. The molecular weight excluding hydrogens is 402 g/mol. The number of benzene rings is 1. The first-order chi connectivity index (χ1) is 14.1. The summed E-state index contributed by atoms with van der Waals surface area (Å²) in [4.78, 5) is 12.3. The van der Waals surface area contributed by atoms with Gasteiger partial charge in [-0.1, -0.05) is 18.6 Å². The van der Waals surface area contributed by atoms with Crippen LogP contribution < -0.4 is 10.6 Å². The fourth-order valence-corrected chi connectivity index (χ4v) is 5.70. The minimum atomic E-state index is -3.36. The van der Waals surface area contributed by atoms with Gasteiger partial charge in [-0.05, 0) is 70.1 Å². The number of carbonyl (C=O) groups excluding carboxylic acids is 1. The summed E-state index contributed by atoms with van der Waals surface area (Å²) in [6.45, 7) is 8.08. The zero-order valence-corrected chi connectivity index (χ0v) is 19.1. The van der Waals surface area contributed by atoms with Crippen LogP contribution in [0.4, 0.5) is 4.79 Å². The Morgan fingerprint density at radius 2 is 1.77 bits per heavy atom. The number of amides is 1. The number of alkyl carbamates (subject to hydrolysis) is 1. The molecule has 0 spiro atoms. The molecule has 1 saturated heterocycles. The summed E-state index contributed by atoms with van der Waals surface area (Å²) < 4.78 is 32.2. The molecule has 8 heteroatoms. The molecule has 2 atom stereocenters. The van der Waals surface area contributed by atoms with Crippen LogP contribution in [-0.4, -0.2) is 50.1 Å². The average molecular weight is 438 g/mol. The number of carbonyl (C=O) groups is 1. The van der Waals surface area contributed by atoms with Crippen LogP contribution in [-0.2, 0) is 21.3 Å². The lowest BCUT2D eigenvalue weighted by molar-refractivity contribution is 0.0517. The first-order valence-electron chi connectivity index (χ1n) is 10.9. The van der Waals surface area contributed by atoms with Crippen molar-refractivity contribution in [1.29, 1.82) is 0 Å². The lowest BCUT2D eigenvalue weighted by Gasteiger charge is -2.24. The van der Waals surface area contributed by atoms with Crippen LogP contribution >= 0.6 is 0 Å². The lowest BCUT2D eigenvalue weighted by Crippen LogP contribution is -2.40. The highest BCUT2D eigenvalue weighted by Crippen LogP contribution is 2.26. The van der Waals surface area contributed by atoms with Crippen LogP contribution in [0.25, 0.3) is 0 Å². The minimum Gasteiger partial charge on any atom is -0.444 e. The first-order valence-corrected chi connectivity index (χ1v) is 12.4. The molecule has 30 heavy (non-hydrogen) atoms. The van der Waals surface area contributed by atoms with Gasteiger partial charge < -0.3 is 15.4 Å². The van der Waals surface area contributed by atoms with Crippen molar-refractivity contribution in [3.8, 4) is 0 Å². The van der Waals surface area contributed by atoms with Gasteiger partial charge in [0.2, 0.25) is 10.0 Å². The van der Waals surface area contributed by atoms with E-state index in [0.717, 1.165) is 37.7 Å². The summed E-state index contributed by atoms with van der Waals surface area (Å²) in [6, 6.07) is 7.52. The maximum absolute atomic E-state index is 12.6. The normalized spacial score (nSPS) is 22.9. The Morgan fingerprint density at radius 1 is 1.10 bits per heavy atom. The number of sulfonamides is 1. The molecule has 1 aliphatic heterocycles. The summed E-state index contributed by atoms with van der Waals surface area (Å²) in [6.07, 6.45) is 4.77. The highest BCUT2D eigenvalue weighted by Gasteiger charge is 2.29. The van der Waals surface area contributed by atoms with Gasteiger partial charge in [-0.2, -0.15) is 4.31 Å². The van der Waals surface area contributed by atoms with E-state index in [1.54, 1.807) is 16.4 Å². The van der Waals surface area contributed by atoms with Gasteiger partial charge >= 0.3 is 6.09 Å². The number of hydrogen-bond donors (Lipinski definition) is 2. The van der Waals surface area contributed by atoms with E-state index in [9.17, 15) is 13.2 Å². The van der Waals surface area contributed by atoms with Gasteiger partial charge in [0.1, 0.15) is 5.60 Å². The summed E-state index contributed by atoms with van der Waals surface area (Å²) >= 11 is 0. The number of nitrogens with one attached hydrogen (secondary N) is 2. The second-order valence-corrected chi connectivity index (χ2v) is 11.3. The Labute approximate surface area is 180 Å². The minimum absolute atomic E-state index is 0.327. The third-order valence-corrected chi connectivity index (χ3v) is 7.67. The van der Waals surface area contributed by atoms with Crippen LogP contribution in [0.2, 0.25) is 0 Å². The molecule has 0 bridgehead atoms. The number of nitrogens with zero attached hydrogens (tertiary/aromatic N) is 1. The van der Waals surface area contributed by atoms with Gasteiger partial charge in [0.05, 0.1) is 4.90 Å². The lowest BCUT2D eigenvalue weighted by atomic mass is 10.0. The van der Waals surface area contributed by atoms with Gasteiger partial charge in [-0.25, -0.2) is 13.2 Å². The van der Waals surface area contributed by atoms with Crippen LogP contribution in [0.5, 0.6) is 0 Å². The Hall–Kier alpha value is -1.64. The van der Waals surface area contributed by atoms with Crippen molar-refractivity contribution < 1.29 is 17.9 Å². The van der Waals surface area contributed by atoms with E-state index in [1.807, 2.05) is 32.9 Å². The predicted molar refractivity (Wildman–Crippen MR) is 117 cm³/mol. The number of ether oxygens (including phenoxy) is 1. The predicted octanol–water partition coefficient (Wildman–Crippen LogP) is 3.25. The van der Waals surface area contributed by atoms with Crippen molar-refractivity contribution in [2.45, 2.75) is 76.0 Å². The van der Waals surface area contributed by atoms with Crippen molar-refractivity contribution in [1.82, 2.24) is 14.9 Å². The van der Waals surface area contributed by atoms with E-state index >= 15 is 0 Å². The summed E-state index contributed by atoms with van der Waals surface area (Å²) in [5.74, 6) is 0.368. The summed E-state index contributed by atoms with van der Waals surface area (Å²) in [5.41, 5.74) is 0.562. The topological polar surface area (TPSA) is 87.7 Å². The third-order valence-electron chi connectivity index (χ3n) is 5.76. The second-order valence-electron chi connectivity index (χ2n) is 9.32. The molecule has 2 aliphatic rings. The van der Waals surface area contributed by atoms with Gasteiger partial charge in [-0.15, -0.1) is 0 Å². The van der Waals surface area contributed by atoms with Crippen LogP contribution in [0, 0.1) is 5.92 Å². The highest BCUT2D eigenvalue weighted by atomic mass is 32.2. The molecule has 1 heterocycles. The van der Waals surface area contributed by atoms with Crippen molar-refractivity contribution in [3.05, 3.63) is 29.8 Å². The third kappa shape index (κ3) is 6.18. The van der Waals surface area contributed by atoms with E-state index in [4.69, 9.17) is 4.74 Å². The van der Waals surface area contributed by atoms with E-state index in [1.165, 1.54) is 0 Å². The van der Waals surface area contributed by atoms with Crippen molar-refractivity contribution in [2.75, 3.05) is 19.6 Å². The van der Waals surface area contributed by atoms with Crippen LogP contribution in [0.1, 0.15) is 58.4 Å². The molecule has 0 aromatic heterocycles. The molecule has 1 aromatic carbocycles. The summed E-state index contributed by atoms with van der Waals surface area (Å²) in [7, 11) is -3.36. The molecule has 7 nitrogen and oxygen atoms in total. The monoisotopic (exact) mass is 437 g/mol. The molecule has 0 unspecified atom stereocenters. The second kappa shape index (κ2) is 9.66. The van der Waals surface area contributed by atoms with Crippen molar-refractivity contribution >= 4 is 16.1 Å². The van der Waals surface area contributed by atoms with Crippen molar-refractivity contribution in [3.63, 3.8) is 0 Å². The van der Waals surface area contributed by atoms with Crippen molar-refractivity contribution in [2.24, 2.45) is 5.92 Å². The number of rotatable bonds is 7. The summed E-state index contributed by atoms with van der Waals surface area (Å²) in [5, 5.41) is 6.47. The standard InChI is InChI=1S/C22H35N3O4S/c1-22(2,3)29-21(26)24-16-18-7-6-8-20(18)23-15-17-9-11-19(12-10-17)30(27,28)25-13-4-5-14-25/h9-12,18,20,23H,4-8,13-16H2,1-3H3,(H,24,26)/t18-,20-/m0/s1. The molecule has 2 N–H and O–H groups in total. The molecule has 168 valence electrons. The van der Waals surface area contributed by atoms with Gasteiger partial charge in [-0.3, -0.25) is 0 Å². The Morgan fingerprint density at radius 3 is 2.40 bits per heavy atom. The zero-order valence-electron chi connectivity index (χ0n) is 18.3. The van der Waals surface area contributed by atoms with E-state index < -0.39 is 15.6 Å². The largest absolute Gasteiger partial charge is 0.444 e. The molecule has 1 aliphatic carbocycles. The molecule has 2 fully saturated rings. The SMILES string of the molecule is CC(C)(C)OC(=O)NC[C@@H]1CCC[C@@H]1NCc1ccc(S(=O)(=O)N2CCCC2)cc1. The molecular formula is C22H35N3O4S.